The first-order chi connectivity index (χ1) is 8.90. The largest absolute Gasteiger partial charge is 0.313 e. The summed E-state index contributed by atoms with van der Waals surface area (Å²) in [6.07, 6.45) is 2.89. The molecule has 5 rings (SSSR count). The molecule has 0 radical (unpaired) electrons. The zero-order valence-corrected chi connectivity index (χ0v) is 10.9. The molecule has 2 heteroatoms. The first kappa shape index (κ1) is 11.0. The minimum atomic E-state index is 0.820. The molecule has 2 bridgehead atoms. The molecule has 0 amide bonds. The summed E-state index contributed by atoms with van der Waals surface area (Å²) in [6, 6.07) is 11.8. The molecule has 3 saturated heterocycles. The van der Waals surface area contributed by atoms with E-state index < -0.39 is 0 Å². The first-order valence-electron chi connectivity index (χ1n) is 7.40. The first-order valence-corrected chi connectivity index (χ1v) is 7.40. The highest BCUT2D eigenvalue weighted by Gasteiger charge is 2.47. The van der Waals surface area contributed by atoms with Crippen LogP contribution < -0.4 is 5.32 Å². The molecule has 96 valence electrons. The van der Waals surface area contributed by atoms with Crippen molar-refractivity contribution in [3.63, 3.8) is 0 Å². The van der Waals surface area contributed by atoms with Crippen LogP contribution in [0.15, 0.2) is 30.3 Å². The Kier molecular flexibility index (Phi) is 2.66. The quantitative estimate of drug-likeness (QED) is 0.854. The molecule has 3 aliphatic heterocycles. The van der Waals surface area contributed by atoms with Gasteiger partial charge >= 0.3 is 0 Å². The molecule has 1 aliphatic carbocycles. The molecule has 4 aliphatic rings. The minimum Gasteiger partial charge on any atom is -0.313 e. The minimum absolute atomic E-state index is 0.820. The van der Waals surface area contributed by atoms with Crippen LogP contribution in [0.4, 0.5) is 0 Å². The van der Waals surface area contributed by atoms with Crippen LogP contribution in [0.2, 0.25) is 0 Å². The Hall–Kier alpha value is -0.860. The van der Waals surface area contributed by atoms with Crippen molar-refractivity contribution in [2.75, 3.05) is 19.6 Å². The Bertz CT molecular complexity index is 388. The maximum Gasteiger partial charge on any atom is 0.0233 e. The number of nitrogens with zero attached hydrogens (tertiary/aromatic N) is 1. The van der Waals surface area contributed by atoms with E-state index in [9.17, 15) is 0 Å². The molecular formula is C16H22N2. The summed E-state index contributed by atoms with van der Waals surface area (Å²) >= 11 is 0. The van der Waals surface area contributed by atoms with Gasteiger partial charge in [0.15, 0.2) is 0 Å². The number of piperidine rings is 2. The Morgan fingerprint density at radius 1 is 1.06 bits per heavy atom. The molecule has 2 nitrogen and oxygen atoms in total. The highest BCUT2D eigenvalue weighted by atomic mass is 15.2. The lowest BCUT2D eigenvalue weighted by atomic mass is 9.68. The number of nitrogens with one attached hydrogen (secondary N) is 1. The van der Waals surface area contributed by atoms with Gasteiger partial charge in [-0.15, -0.1) is 0 Å². The second-order valence-electron chi connectivity index (χ2n) is 6.36. The van der Waals surface area contributed by atoms with E-state index in [1.54, 1.807) is 0 Å². The third kappa shape index (κ3) is 1.79. The van der Waals surface area contributed by atoms with E-state index in [4.69, 9.17) is 0 Å². The predicted octanol–water partition coefficient (Wildman–Crippen LogP) is 2.12. The van der Waals surface area contributed by atoms with Gasteiger partial charge in [0.05, 0.1) is 0 Å². The van der Waals surface area contributed by atoms with Crippen LogP contribution in [-0.4, -0.2) is 30.6 Å². The molecule has 4 atom stereocenters. The van der Waals surface area contributed by atoms with Gasteiger partial charge < -0.3 is 5.32 Å². The van der Waals surface area contributed by atoms with Crippen LogP contribution in [0.5, 0.6) is 0 Å². The second kappa shape index (κ2) is 4.36. The zero-order valence-electron chi connectivity index (χ0n) is 10.9. The molecule has 1 aromatic rings. The van der Waals surface area contributed by atoms with Crippen LogP contribution in [0.3, 0.4) is 0 Å². The van der Waals surface area contributed by atoms with Gasteiger partial charge in [-0.1, -0.05) is 30.3 Å². The summed E-state index contributed by atoms with van der Waals surface area (Å²) in [5.74, 6) is 2.87. The molecule has 18 heavy (non-hydrogen) atoms. The number of fused-ring (bicyclic) bond motifs is 2. The van der Waals surface area contributed by atoms with Crippen LogP contribution in [0.25, 0.3) is 0 Å². The number of hydrogen-bond donors (Lipinski definition) is 1. The fourth-order valence-electron chi connectivity index (χ4n) is 4.47. The van der Waals surface area contributed by atoms with Gasteiger partial charge in [0.1, 0.15) is 0 Å². The Balaban J connectivity index is 1.47. The van der Waals surface area contributed by atoms with Crippen molar-refractivity contribution in [3.8, 4) is 0 Å². The predicted molar refractivity (Wildman–Crippen MR) is 73.2 cm³/mol. The average Bonchev–Trinajstić information content (AvgIpc) is 2.86. The van der Waals surface area contributed by atoms with Gasteiger partial charge in [0.2, 0.25) is 0 Å². The van der Waals surface area contributed by atoms with Crippen molar-refractivity contribution in [1.29, 1.82) is 0 Å². The Morgan fingerprint density at radius 3 is 2.61 bits per heavy atom. The third-order valence-corrected chi connectivity index (χ3v) is 5.35. The van der Waals surface area contributed by atoms with Gasteiger partial charge in [-0.2, -0.15) is 0 Å². The molecule has 0 spiro atoms. The Morgan fingerprint density at radius 2 is 1.89 bits per heavy atom. The normalized spacial score (nSPS) is 38.9. The van der Waals surface area contributed by atoms with Crippen molar-refractivity contribution in [1.82, 2.24) is 10.2 Å². The average molecular weight is 242 g/mol. The fraction of sp³-hybridized carbons (Fsp3) is 0.625. The zero-order chi connectivity index (χ0) is 11.9. The van der Waals surface area contributed by atoms with E-state index in [2.05, 4.69) is 40.5 Å². The SMILES string of the molecule is c1ccc(CN2CC3C4CCC(NC4)C3C2)cc1. The van der Waals surface area contributed by atoms with Crippen LogP contribution in [-0.2, 0) is 6.54 Å². The van der Waals surface area contributed by atoms with Crippen LogP contribution in [0, 0.1) is 17.8 Å². The summed E-state index contributed by atoms with van der Waals surface area (Å²) < 4.78 is 0. The van der Waals surface area contributed by atoms with Crippen molar-refractivity contribution >= 4 is 0 Å². The summed E-state index contributed by atoms with van der Waals surface area (Å²) in [6.45, 7) is 5.08. The molecule has 4 unspecified atom stereocenters. The topological polar surface area (TPSA) is 15.3 Å². The van der Waals surface area contributed by atoms with Crippen molar-refractivity contribution in [2.45, 2.75) is 25.4 Å². The number of benzene rings is 1. The smallest absolute Gasteiger partial charge is 0.0233 e. The standard InChI is InChI=1S/C16H22N2/c1-2-4-12(5-3-1)9-18-10-14-13-6-7-16(17-8-13)15(14)11-18/h1-5,13-17H,6-11H2. The number of hydrogen-bond acceptors (Lipinski definition) is 2. The molecule has 1 saturated carbocycles. The summed E-state index contributed by atoms with van der Waals surface area (Å²) in [7, 11) is 0. The molecule has 0 aromatic heterocycles. The van der Waals surface area contributed by atoms with Crippen molar-refractivity contribution in [2.24, 2.45) is 17.8 Å². The molecule has 1 N–H and O–H groups in total. The highest BCUT2D eigenvalue weighted by Crippen LogP contribution is 2.43. The van der Waals surface area contributed by atoms with Gasteiger partial charge in [0.25, 0.3) is 0 Å². The molecular weight excluding hydrogens is 220 g/mol. The van der Waals surface area contributed by atoms with Crippen molar-refractivity contribution in [3.05, 3.63) is 35.9 Å². The molecule has 1 aromatic carbocycles. The lowest BCUT2D eigenvalue weighted by Gasteiger charge is -2.45. The van der Waals surface area contributed by atoms with E-state index >= 15 is 0 Å². The number of rotatable bonds is 2. The van der Waals surface area contributed by atoms with Crippen LogP contribution in [0.1, 0.15) is 18.4 Å². The van der Waals surface area contributed by atoms with Gasteiger partial charge in [0, 0.05) is 25.7 Å². The van der Waals surface area contributed by atoms with E-state index in [1.165, 1.54) is 38.0 Å². The second-order valence-corrected chi connectivity index (χ2v) is 6.36. The van der Waals surface area contributed by atoms with Gasteiger partial charge in [-0.05, 0) is 42.7 Å². The van der Waals surface area contributed by atoms with Gasteiger partial charge in [-0.3, -0.25) is 4.90 Å². The maximum absolute atomic E-state index is 3.75. The maximum atomic E-state index is 3.75. The summed E-state index contributed by atoms with van der Waals surface area (Å²) in [5.41, 5.74) is 1.47. The van der Waals surface area contributed by atoms with E-state index in [0.717, 1.165) is 30.3 Å². The third-order valence-electron chi connectivity index (χ3n) is 5.35. The van der Waals surface area contributed by atoms with Crippen molar-refractivity contribution < 1.29 is 0 Å². The molecule has 3 heterocycles. The lowest BCUT2D eigenvalue weighted by molar-refractivity contribution is 0.0926. The monoisotopic (exact) mass is 242 g/mol. The summed E-state index contributed by atoms with van der Waals surface area (Å²) in [5, 5.41) is 3.75. The molecule has 4 fully saturated rings. The lowest BCUT2D eigenvalue weighted by Crippen LogP contribution is -2.54. The highest BCUT2D eigenvalue weighted by molar-refractivity contribution is 5.15. The van der Waals surface area contributed by atoms with E-state index in [0.29, 0.717) is 0 Å². The van der Waals surface area contributed by atoms with E-state index in [-0.39, 0.29) is 0 Å². The fourth-order valence-corrected chi connectivity index (χ4v) is 4.47. The van der Waals surface area contributed by atoms with Gasteiger partial charge in [-0.25, -0.2) is 0 Å². The van der Waals surface area contributed by atoms with Crippen LogP contribution >= 0.6 is 0 Å². The summed E-state index contributed by atoms with van der Waals surface area (Å²) in [4.78, 5) is 2.68. The Labute approximate surface area is 109 Å². The number of likely N-dealkylation sites (tertiary alicyclic amines) is 1. The van der Waals surface area contributed by atoms with E-state index in [1.807, 2.05) is 0 Å².